The highest BCUT2D eigenvalue weighted by Crippen LogP contribution is 2.43. The predicted molar refractivity (Wildman–Crippen MR) is 101 cm³/mol. The van der Waals surface area contributed by atoms with E-state index in [1.54, 1.807) is 12.3 Å². The predicted octanol–water partition coefficient (Wildman–Crippen LogP) is 4.46. The summed E-state index contributed by atoms with van der Waals surface area (Å²) in [5, 5.41) is 0. The van der Waals surface area contributed by atoms with E-state index in [0.717, 1.165) is 28.4 Å². The summed E-state index contributed by atoms with van der Waals surface area (Å²) in [7, 11) is 0. The van der Waals surface area contributed by atoms with Gasteiger partial charge in [-0.25, -0.2) is 0 Å². The van der Waals surface area contributed by atoms with Crippen molar-refractivity contribution in [1.29, 1.82) is 0 Å². The van der Waals surface area contributed by atoms with Crippen molar-refractivity contribution >= 4 is 11.9 Å². The molecule has 0 aliphatic carbocycles. The number of carbonyl (C=O) groups excluding carboxylic acids is 1. The fourth-order valence-corrected chi connectivity index (χ4v) is 3.68. The summed E-state index contributed by atoms with van der Waals surface area (Å²) in [4.78, 5) is 15.0. The SMILES string of the molecule is Cc1ccc(/C=C2\Oc3c(cc4c(c3C)OCN(Cc3ccco3)C4)C2=O)o1. The zero-order valence-electron chi connectivity index (χ0n) is 15.7. The lowest BCUT2D eigenvalue weighted by Crippen LogP contribution is -2.31. The first-order valence-corrected chi connectivity index (χ1v) is 9.13. The highest BCUT2D eigenvalue weighted by atomic mass is 16.5. The van der Waals surface area contributed by atoms with Crippen LogP contribution in [0.3, 0.4) is 0 Å². The van der Waals surface area contributed by atoms with E-state index in [-0.39, 0.29) is 11.5 Å². The summed E-state index contributed by atoms with van der Waals surface area (Å²) >= 11 is 0. The van der Waals surface area contributed by atoms with Crippen molar-refractivity contribution in [3.63, 3.8) is 0 Å². The zero-order chi connectivity index (χ0) is 19.3. The number of furan rings is 2. The van der Waals surface area contributed by atoms with Crippen LogP contribution in [-0.4, -0.2) is 17.4 Å². The molecule has 0 saturated carbocycles. The maximum Gasteiger partial charge on any atom is 0.232 e. The minimum Gasteiger partial charge on any atom is -0.477 e. The number of ether oxygens (including phenoxy) is 2. The molecule has 0 radical (unpaired) electrons. The molecule has 28 heavy (non-hydrogen) atoms. The Bertz CT molecular complexity index is 1090. The van der Waals surface area contributed by atoms with Gasteiger partial charge in [0.2, 0.25) is 5.78 Å². The van der Waals surface area contributed by atoms with Gasteiger partial charge < -0.3 is 18.3 Å². The number of aryl methyl sites for hydroxylation is 1. The molecule has 2 aliphatic heterocycles. The third kappa shape index (κ3) is 2.82. The molecule has 6 nitrogen and oxygen atoms in total. The van der Waals surface area contributed by atoms with Crippen LogP contribution in [0.15, 0.2) is 51.2 Å². The Morgan fingerprint density at radius 3 is 2.82 bits per heavy atom. The highest BCUT2D eigenvalue weighted by Gasteiger charge is 2.33. The van der Waals surface area contributed by atoms with E-state index in [4.69, 9.17) is 18.3 Å². The van der Waals surface area contributed by atoms with Gasteiger partial charge >= 0.3 is 0 Å². The van der Waals surface area contributed by atoms with Gasteiger partial charge in [-0.2, -0.15) is 0 Å². The molecule has 3 aromatic rings. The van der Waals surface area contributed by atoms with Gasteiger partial charge in [-0.05, 0) is 44.2 Å². The number of carbonyl (C=O) groups is 1. The minimum atomic E-state index is -0.141. The first-order valence-electron chi connectivity index (χ1n) is 9.13. The first-order chi connectivity index (χ1) is 13.6. The normalized spacial score (nSPS) is 17.4. The van der Waals surface area contributed by atoms with Crippen molar-refractivity contribution in [1.82, 2.24) is 4.90 Å². The number of Topliss-reactive ketones (excluding diaryl/α,β-unsaturated/α-hetero) is 1. The molecule has 2 aromatic heterocycles. The van der Waals surface area contributed by atoms with E-state index in [9.17, 15) is 4.79 Å². The number of allylic oxidation sites excluding steroid dienone is 1. The molecule has 0 unspecified atom stereocenters. The standard InChI is InChI=1S/C22H19NO5/c1-13-5-6-16(27-13)9-19-20(24)18-8-15-10-23(11-17-4-3-7-25-17)12-26-21(15)14(2)22(18)28-19/h3-9H,10-12H2,1-2H3/b19-9-. The molecule has 0 atom stereocenters. The molecule has 142 valence electrons. The Morgan fingerprint density at radius 1 is 1.18 bits per heavy atom. The van der Waals surface area contributed by atoms with Crippen molar-refractivity contribution in [3.05, 3.63) is 76.3 Å². The Kier molecular flexibility index (Phi) is 3.87. The first kappa shape index (κ1) is 16.9. The number of benzene rings is 1. The Hall–Kier alpha value is -3.25. The van der Waals surface area contributed by atoms with Crippen LogP contribution in [0.5, 0.6) is 11.5 Å². The van der Waals surface area contributed by atoms with Crippen LogP contribution in [0, 0.1) is 13.8 Å². The Balaban J connectivity index is 1.45. The third-order valence-corrected chi connectivity index (χ3v) is 5.00. The molecular formula is C22H19NO5. The molecule has 6 heteroatoms. The second-order valence-electron chi connectivity index (χ2n) is 7.09. The van der Waals surface area contributed by atoms with E-state index < -0.39 is 0 Å². The molecule has 4 heterocycles. The Morgan fingerprint density at radius 2 is 2.07 bits per heavy atom. The van der Waals surface area contributed by atoms with Crippen LogP contribution < -0.4 is 9.47 Å². The van der Waals surface area contributed by atoms with Crippen LogP contribution >= 0.6 is 0 Å². The zero-order valence-corrected chi connectivity index (χ0v) is 15.7. The molecule has 5 rings (SSSR count). The summed E-state index contributed by atoms with van der Waals surface area (Å²) in [6.45, 7) is 5.56. The van der Waals surface area contributed by atoms with Crippen LogP contribution in [0.4, 0.5) is 0 Å². The number of hydrogen-bond acceptors (Lipinski definition) is 6. The lowest BCUT2D eigenvalue weighted by atomic mass is 10.00. The van der Waals surface area contributed by atoms with E-state index in [1.165, 1.54) is 0 Å². The third-order valence-electron chi connectivity index (χ3n) is 5.00. The van der Waals surface area contributed by atoms with E-state index in [2.05, 4.69) is 4.90 Å². The molecule has 2 aliphatic rings. The maximum atomic E-state index is 12.9. The van der Waals surface area contributed by atoms with Crippen LogP contribution in [0.2, 0.25) is 0 Å². The molecule has 0 spiro atoms. The van der Waals surface area contributed by atoms with E-state index in [0.29, 0.717) is 36.9 Å². The van der Waals surface area contributed by atoms with Crippen LogP contribution in [0.25, 0.3) is 6.08 Å². The molecule has 0 fully saturated rings. The van der Waals surface area contributed by atoms with Gasteiger partial charge in [-0.3, -0.25) is 9.69 Å². The number of ketones is 1. The number of rotatable bonds is 3. The van der Waals surface area contributed by atoms with Crippen molar-refractivity contribution in [2.24, 2.45) is 0 Å². The van der Waals surface area contributed by atoms with Gasteiger partial charge in [-0.15, -0.1) is 0 Å². The number of hydrogen-bond donors (Lipinski definition) is 0. The average Bonchev–Trinajstić information content (AvgIpc) is 3.39. The quantitative estimate of drug-likeness (QED) is 0.628. The number of nitrogens with zero attached hydrogens (tertiary/aromatic N) is 1. The summed E-state index contributed by atoms with van der Waals surface area (Å²) in [5.41, 5.74) is 2.38. The van der Waals surface area contributed by atoms with E-state index in [1.807, 2.05) is 44.2 Å². The monoisotopic (exact) mass is 377 g/mol. The summed E-state index contributed by atoms with van der Waals surface area (Å²) in [6.07, 6.45) is 3.30. The van der Waals surface area contributed by atoms with Gasteiger partial charge in [0, 0.05) is 23.7 Å². The molecule has 0 saturated heterocycles. The molecule has 0 amide bonds. The lowest BCUT2D eigenvalue weighted by molar-refractivity contribution is 0.0813. The Labute approximate surface area is 162 Å². The van der Waals surface area contributed by atoms with Crippen LogP contribution in [0.1, 0.15) is 38.8 Å². The summed E-state index contributed by atoms with van der Waals surface area (Å²) in [6, 6.07) is 9.35. The molecule has 1 aromatic carbocycles. The highest BCUT2D eigenvalue weighted by molar-refractivity contribution is 6.15. The van der Waals surface area contributed by atoms with E-state index >= 15 is 0 Å². The molecular weight excluding hydrogens is 358 g/mol. The minimum absolute atomic E-state index is 0.141. The fraction of sp³-hybridized carbons (Fsp3) is 0.227. The van der Waals surface area contributed by atoms with Gasteiger partial charge in [0.25, 0.3) is 0 Å². The average molecular weight is 377 g/mol. The van der Waals surface area contributed by atoms with Crippen molar-refractivity contribution in [2.45, 2.75) is 26.9 Å². The lowest BCUT2D eigenvalue weighted by Gasteiger charge is -2.29. The van der Waals surface area contributed by atoms with Gasteiger partial charge in [0.15, 0.2) is 5.76 Å². The van der Waals surface area contributed by atoms with Crippen molar-refractivity contribution < 1.29 is 23.1 Å². The second kappa shape index (κ2) is 6.42. The topological polar surface area (TPSA) is 65.1 Å². The van der Waals surface area contributed by atoms with Crippen molar-refractivity contribution in [3.8, 4) is 11.5 Å². The second-order valence-corrected chi connectivity index (χ2v) is 7.09. The van der Waals surface area contributed by atoms with Gasteiger partial charge in [0.1, 0.15) is 35.5 Å². The summed E-state index contributed by atoms with van der Waals surface area (Å²) in [5.74, 6) is 3.74. The number of fused-ring (bicyclic) bond motifs is 2. The van der Waals surface area contributed by atoms with Gasteiger partial charge in [0.05, 0.1) is 18.4 Å². The maximum absolute atomic E-state index is 12.9. The van der Waals surface area contributed by atoms with Crippen LogP contribution in [-0.2, 0) is 13.1 Å². The molecule has 0 N–H and O–H groups in total. The largest absolute Gasteiger partial charge is 0.477 e. The van der Waals surface area contributed by atoms with Crippen molar-refractivity contribution in [2.75, 3.05) is 6.73 Å². The fourth-order valence-electron chi connectivity index (χ4n) is 3.68. The molecule has 0 bridgehead atoms. The van der Waals surface area contributed by atoms with Gasteiger partial charge in [-0.1, -0.05) is 0 Å². The smallest absolute Gasteiger partial charge is 0.232 e. The summed E-state index contributed by atoms with van der Waals surface area (Å²) < 4.78 is 22.8.